The Morgan fingerprint density at radius 2 is 2.00 bits per heavy atom. The number of Topliss-reactive ketones (excluding diaryl/α,β-unsaturated/α-hetero) is 1. The van der Waals surface area contributed by atoms with Gasteiger partial charge in [0.25, 0.3) is 0 Å². The first kappa shape index (κ1) is 14.1. The van der Waals surface area contributed by atoms with Crippen molar-refractivity contribution in [2.45, 2.75) is 20.3 Å². The fraction of sp³-hybridized carbons (Fsp3) is 0.800. The molecular formula is C10H19NO4. The normalized spacial score (nSPS) is 10.4. The summed E-state index contributed by atoms with van der Waals surface area (Å²) < 4.78 is 4.66. The molecule has 0 atom stereocenters. The van der Waals surface area contributed by atoms with Gasteiger partial charge in [0.15, 0.2) is 5.78 Å². The molecule has 0 heterocycles. The molecule has 15 heavy (non-hydrogen) atoms. The molecule has 0 radical (unpaired) electrons. The summed E-state index contributed by atoms with van der Waals surface area (Å²) in [6.45, 7) is 5.22. The van der Waals surface area contributed by atoms with E-state index in [9.17, 15) is 9.59 Å². The molecule has 0 aliphatic rings. The number of carbonyl (C=O) groups excluding carboxylic acids is 2. The smallest absolute Gasteiger partial charge is 0.313 e. The summed E-state index contributed by atoms with van der Waals surface area (Å²) in [4.78, 5) is 24.1. The molecular weight excluding hydrogens is 198 g/mol. The third-order valence-electron chi connectivity index (χ3n) is 1.91. The van der Waals surface area contributed by atoms with Crippen molar-refractivity contribution in [1.82, 2.24) is 4.90 Å². The van der Waals surface area contributed by atoms with Gasteiger partial charge >= 0.3 is 5.97 Å². The van der Waals surface area contributed by atoms with Crippen LogP contribution in [0.4, 0.5) is 0 Å². The van der Waals surface area contributed by atoms with E-state index in [2.05, 4.69) is 4.74 Å². The zero-order chi connectivity index (χ0) is 11.7. The molecule has 0 fully saturated rings. The van der Waals surface area contributed by atoms with Gasteiger partial charge < -0.3 is 9.84 Å². The van der Waals surface area contributed by atoms with Gasteiger partial charge in [-0.15, -0.1) is 0 Å². The van der Waals surface area contributed by atoms with Crippen LogP contribution in [0.2, 0.25) is 0 Å². The van der Waals surface area contributed by atoms with Crippen molar-refractivity contribution in [1.29, 1.82) is 0 Å². The molecule has 0 aromatic carbocycles. The second-order valence-electron chi connectivity index (χ2n) is 3.11. The van der Waals surface area contributed by atoms with E-state index in [1.54, 1.807) is 11.8 Å². The third-order valence-corrected chi connectivity index (χ3v) is 1.91. The van der Waals surface area contributed by atoms with Gasteiger partial charge in [0, 0.05) is 6.54 Å². The van der Waals surface area contributed by atoms with Gasteiger partial charge in [-0.25, -0.2) is 0 Å². The summed E-state index contributed by atoms with van der Waals surface area (Å²) in [5.41, 5.74) is 0. The first-order valence-electron chi connectivity index (χ1n) is 5.14. The first-order valence-corrected chi connectivity index (χ1v) is 5.14. The molecule has 0 saturated heterocycles. The number of hydrogen-bond acceptors (Lipinski definition) is 5. The number of aliphatic hydroxyl groups is 1. The van der Waals surface area contributed by atoms with Crippen LogP contribution in [0.5, 0.6) is 0 Å². The summed E-state index contributed by atoms with van der Waals surface area (Å²) in [6.07, 6.45) is -0.185. The number of ketones is 1. The van der Waals surface area contributed by atoms with Gasteiger partial charge in [-0.2, -0.15) is 0 Å². The van der Waals surface area contributed by atoms with Gasteiger partial charge in [-0.05, 0) is 13.5 Å². The average molecular weight is 217 g/mol. The van der Waals surface area contributed by atoms with Gasteiger partial charge in [-0.3, -0.25) is 14.5 Å². The molecule has 0 rings (SSSR count). The lowest BCUT2D eigenvalue weighted by molar-refractivity contribution is -0.145. The van der Waals surface area contributed by atoms with E-state index >= 15 is 0 Å². The van der Waals surface area contributed by atoms with Crippen LogP contribution in [0.1, 0.15) is 20.3 Å². The molecule has 88 valence electrons. The van der Waals surface area contributed by atoms with E-state index in [-0.39, 0.29) is 25.4 Å². The van der Waals surface area contributed by atoms with E-state index in [1.165, 1.54) is 0 Å². The molecule has 1 N–H and O–H groups in total. The molecule has 0 aromatic rings. The maximum atomic E-state index is 11.3. The molecule has 0 bridgehead atoms. The van der Waals surface area contributed by atoms with E-state index in [1.807, 2.05) is 6.92 Å². The Labute approximate surface area is 90.0 Å². The van der Waals surface area contributed by atoms with Crippen LogP contribution >= 0.6 is 0 Å². The minimum absolute atomic E-state index is 0.0144. The lowest BCUT2D eigenvalue weighted by Gasteiger charge is -2.17. The first-order chi connectivity index (χ1) is 7.13. The van der Waals surface area contributed by atoms with E-state index in [0.29, 0.717) is 19.7 Å². The number of nitrogens with zero attached hydrogens (tertiary/aromatic N) is 1. The summed E-state index contributed by atoms with van der Waals surface area (Å²) in [5, 5.41) is 8.70. The van der Waals surface area contributed by atoms with Crippen LogP contribution in [0, 0.1) is 0 Å². The summed E-state index contributed by atoms with van der Waals surface area (Å²) >= 11 is 0. The predicted molar refractivity (Wildman–Crippen MR) is 55.5 cm³/mol. The Balaban J connectivity index is 3.84. The predicted octanol–water partition coefficient (Wildman–Crippen LogP) is -0.177. The van der Waals surface area contributed by atoms with Crippen LogP contribution in [-0.2, 0) is 14.3 Å². The zero-order valence-electron chi connectivity index (χ0n) is 9.36. The Bertz CT molecular complexity index is 206. The number of aliphatic hydroxyl groups excluding tert-OH is 1. The Morgan fingerprint density at radius 3 is 2.47 bits per heavy atom. The van der Waals surface area contributed by atoms with Crippen LogP contribution in [0.15, 0.2) is 0 Å². The quantitative estimate of drug-likeness (QED) is 0.451. The van der Waals surface area contributed by atoms with Gasteiger partial charge in [-0.1, -0.05) is 6.92 Å². The largest absolute Gasteiger partial charge is 0.466 e. The number of rotatable bonds is 8. The minimum Gasteiger partial charge on any atom is -0.466 e. The second kappa shape index (κ2) is 8.38. The highest BCUT2D eigenvalue weighted by Crippen LogP contribution is 1.93. The van der Waals surface area contributed by atoms with E-state index in [0.717, 1.165) is 0 Å². The summed E-state index contributed by atoms with van der Waals surface area (Å²) in [5.74, 6) is -0.661. The van der Waals surface area contributed by atoms with E-state index < -0.39 is 5.97 Å². The van der Waals surface area contributed by atoms with Gasteiger partial charge in [0.05, 0.1) is 19.8 Å². The molecule has 0 aliphatic heterocycles. The maximum absolute atomic E-state index is 11.3. The Kier molecular flexibility index (Phi) is 7.85. The Hall–Kier alpha value is -0.940. The van der Waals surface area contributed by atoms with Crippen LogP contribution in [-0.4, -0.2) is 54.6 Å². The molecule has 0 unspecified atom stereocenters. The van der Waals surface area contributed by atoms with Crippen LogP contribution < -0.4 is 0 Å². The van der Waals surface area contributed by atoms with Crippen molar-refractivity contribution in [2.24, 2.45) is 0 Å². The monoisotopic (exact) mass is 217 g/mol. The van der Waals surface area contributed by atoms with Gasteiger partial charge in [0.2, 0.25) is 0 Å². The standard InChI is InChI=1S/C10H19NO4/c1-3-11(5-6-12)8-9(13)7-10(14)15-4-2/h12H,3-8H2,1-2H3. The fourth-order valence-corrected chi connectivity index (χ4v) is 1.17. The molecule has 5 heteroatoms. The molecule has 0 spiro atoms. The number of carbonyl (C=O) groups is 2. The molecule has 0 amide bonds. The van der Waals surface area contributed by atoms with Crippen molar-refractivity contribution >= 4 is 11.8 Å². The van der Waals surface area contributed by atoms with Crippen molar-refractivity contribution in [3.8, 4) is 0 Å². The molecule has 0 aromatic heterocycles. The molecule has 0 aliphatic carbocycles. The minimum atomic E-state index is -0.484. The lowest BCUT2D eigenvalue weighted by Crippen LogP contribution is -2.33. The topological polar surface area (TPSA) is 66.8 Å². The van der Waals surface area contributed by atoms with Crippen molar-refractivity contribution in [2.75, 3.05) is 32.8 Å². The number of esters is 1. The highest BCUT2D eigenvalue weighted by atomic mass is 16.5. The highest BCUT2D eigenvalue weighted by Gasteiger charge is 2.13. The third kappa shape index (κ3) is 7.04. The SMILES string of the molecule is CCOC(=O)CC(=O)CN(CC)CCO. The van der Waals surface area contributed by atoms with Crippen molar-refractivity contribution < 1.29 is 19.4 Å². The van der Waals surface area contributed by atoms with Crippen molar-refractivity contribution in [3.63, 3.8) is 0 Å². The highest BCUT2D eigenvalue weighted by molar-refractivity contribution is 5.96. The lowest BCUT2D eigenvalue weighted by atomic mass is 10.2. The fourth-order valence-electron chi connectivity index (χ4n) is 1.17. The molecule has 5 nitrogen and oxygen atoms in total. The van der Waals surface area contributed by atoms with Gasteiger partial charge in [0.1, 0.15) is 6.42 Å². The number of likely N-dealkylation sites (N-methyl/N-ethyl adjacent to an activating group) is 1. The summed E-state index contributed by atoms with van der Waals surface area (Å²) in [6, 6.07) is 0. The van der Waals surface area contributed by atoms with E-state index in [4.69, 9.17) is 5.11 Å². The second-order valence-corrected chi connectivity index (χ2v) is 3.11. The Morgan fingerprint density at radius 1 is 1.33 bits per heavy atom. The van der Waals surface area contributed by atoms with Crippen molar-refractivity contribution in [3.05, 3.63) is 0 Å². The number of hydrogen-bond donors (Lipinski definition) is 1. The molecule has 0 saturated carbocycles. The zero-order valence-corrected chi connectivity index (χ0v) is 9.36. The average Bonchev–Trinajstić information content (AvgIpc) is 2.17. The maximum Gasteiger partial charge on any atom is 0.313 e. The van der Waals surface area contributed by atoms with Crippen LogP contribution in [0.3, 0.4) is 0 Å². The number of ether oxygens (including phenoxy) is 1. The van der Waals surface area contributed by atoms with Crippen LogP contribution in [0.25, 0.3) is 0 Å². The summed E-state index contributed by atoms with van der Waals surface area (Å²) in [7, 11) is 0.